The topological polar surface area (TPSA) is 95.5 Å². The Balaban J connectivity index is 2.27. The molecule has 1 heterocycles. The lowest BCUT2D eigenvalue weighted by atomic mass is 10.1. The normalized spacial score (nSPS) is 16.4. The van der Waals surface area contributed by atoms with Gasteiger partial charge in [0.2, 0.25) is 0 Å². The van der Waals surface area contributed by atoms with Crippen molar-refractivity contribution in [3.8, 4) is 0 Å². The molecule has 3 N–H and O–H groups in total. The summed E-state index contributed by atoms with van der Waals surface area (Å²) in [5, 5.41) is 14.0. The number of carbonyl (C=O) groups excluding carboxylic acids is 2. The van der Waals surface area contributed by atoms with Gasteiger partial charge in [0.05, 0.1) is 16.2 Å². The van der Waals surface area contributed by atoms with E-state index in [9.17, 15) is 14.4 Å². The van der Waals surface area contributed by atoms with E-state index in [0.717, 1.165) is 11.8 Å². The Bertz CT molecular complexity index is 697. The van der Waals surface area contributed by atoms with Crippen LogP contribution >= 0.6 is 24.0 Å². The van der Waals surface area contributed by atoms with Crippen LogP contribution < -0.4 is 10.6 Å². The van der Waals surface area contributed by atoms with Crippen LogP contribution in [0.5, 0.6) is 0 Å². The molecule has 0 unspecified atom stereocenters. The molecule has 1 aliphatic heterocycles. The summed E-state index contributed by atoms with van der Waals surface area (Å²) in [6, 6.07) is 6.03. The van der Waals surface area contributed by atoms with Crippen LogP contribution in [0.15, 0.2) is 34.7 Å². The van der Waals surface area contributed by atoms with Crippen molar-refractivity contribution in [2.24, 2.45) is 0 Å². The zero-order valence-electron chi connectivity index (χ0n) is 10.8. The summed E-state index contributed by atoms with van der Waals surface area (Å²) >= 11 is 5.86. The monoisotopic (exact) mass is 322 g/mol. The van der Waals surface area contributed by atoms with Gasteiger partial charge in [0, 0.05) is 5.57 Å². The molecule has 0 aliphatic carbocycles. The van der Waals surface area contributed by atoms with Gasteiger partial charge in [0.15, 0.2) is 0 Å². The van der Waals surface area contributed by atoms with E-state index in [1.807, 2.05) is 0 Å². The van der Waals surface area contributed by atoms with Gasteiger partial charge < -0.3 is 15.7 Å². The molecule has 1 saturated heterocycles. The highest BCUT2D eigenvalue weighted by atomic mass is 32.2. The number of rotatable bonds is 3. The molecule has 0 aromatic heterocycles. The number of hydrogen-bond acceptors (Lipinski definition) is 5. The molecule has 0 saturated carbocycles. The van der Waals surface area contributed by atoms with Gasteiger partial charge in [0.25, 0.3) is 11.8 Å². The Morgan fingerprint density at radius 3 is 2.57 bits per heavy atom. The maximum absolute atomic E-state index is 12.1. The minimum atomic E-state index is -1.15. The van der Waals surface area contributed by atoms with Gasteiger partial charge in [-0.2, -0.15) is 0 Å². The fraction of sp³-hybridized carbons (Fsp3) is 0.0769. The molecule has 2 amide bonds. The van der Waals surface area contributed by atoms with Crippen LogP contribution in [-0.2, 0) is 9.59 Å². The number of carboxylic acids is 1. The number of thiocarbonyl (C=S) groups is 1. The van der Waals surface area contributed by atoms with Crippen molar-refractivity contribution in [2.75, 3.05) is 5.32 Å². The summed E-state index contributed by atoms with van der Waals surface area (Å²) in [5.74, 6) is -2.12. The number of para-hydroxylation sites is 1. The lowest BCUT2D eigenvalue weighted by Crippen LogP contribution is -2.21. The van der Waals surface area contributed by atoms with Crippen LogP contribution in [0.2, 0.25) is 0 Å². The number of hydrogen-bond donors (Lipinski definition) is 3. The molecular weight excluding hydrogens is 312 g/mol. The summed E-state index contributed by atoms with van der Waals surface area (Å²) in [6.07, 6.45) is 0. The molecule has 108 valence electrons. The van der Waals surface area contributed by atoms with Crippen molar-refractivity contribution in [1.82, 2.24) is 5.32 Å². The highest BCUT2D eigenvalue weighted by molar-refractivity contribution is 8.26. The number of thioether (sulfide) groups is 1. The SMILES string of the molecule is C/C(C(=O)Nc1ccccc1C(=O)O)=C1\SC(=S)NC1=O. The highest BCUT2D eigenvalue weighted by Crippen LogP contribution is 2.27. The summed E-state index contributed by atoms with van der Waals surface area (Å²) in [6.45, 7) is 1.48. The first-order valence-electron chi connectivity index (χ1n) is 5.78. The Morgan fingerprint density at radius 2 is 2.00 bits per heavy atom. The summed E-state index contributed by atoms with van der Waals surface area (Å²) in [7, 11) is 0. The molecule has 6 nitrogen and oxygen atoms in total. The van der Waals surface area contributed by atoms with Crippen molar-refractivity contribution in [1.29, 1.82) is 0 Å². The van der Waals surface area contributed by atoms with E-state index < -0.39 is 17.8 Å². The van der Waals surface area contributed by atoms with Crippen LogP contribution in [0, 0.1) is 0 Å². The van der Waals surface area contributed by atoms with E-state index in [2.05, 4.69) is 10.6 Å². The molecule has 1 fully saturated rings. The lowest BCUT2D eigenvalue weighted by molar-refractivity contribution is -0.116. The van der Waals surface area contributed by atoms with Gasteiger partial charge in [-0.1, -0.05) is 36.1 Å². The van der Waals surface area contributed by atoms with E-state index in [1.165, 1.54) is 19.1 Å². The zero-order valence-corrected chi connectivity index (χ0v) is 12.4. The lowest BCUT2D eigenvalue weighted by Gasteiger charge is -2.09. The summed E-state index contributed by atoms with van der Waals surface area (Å²) in [4.78, 5) is 35.0. The first-order chi connectivity index (χ1) is 9.90. The number of carbonyl (C=O) groups is 3. The fourth-order valence-electron chi connectivity index (χ4n) is 1.66. The molecular formula is C13H10N2O4S2. The Morgan fingerprint density at radius 1 is 1.33 bits per heavy atom. The number of benzene rings is 1. The minimum absolute atomic E-state index is 0.0253. The standard InChI is InChI=1S/C13H10N2O4S2/c1-6(9-11(17)15-13(20)21-9)10(16)14-8-5-3-2-4-7(8)12(18)19/h2-5H,1H3,(H,14,16)(H,18,19)(H,15,17,20)/b9-6+. The molecule has 0 bridgehead atoms. The molecule has 1 aliphatic rings. The Hall–Kier alpha value is -2.19. The van der Waals surface area contributed by atoms with Crippen molar-refractivity contribution < 1.29 is 19.5 Å². The molecule has 0 atom stereocenters. The van der Waals surface area contributed by atoms with E-state index in [4.69, 9.17) is 17.3 Å². The van der Waals surface area contributed by atoms with Crippen LogP contribution in [0.3, 0.4) is 0 Å². The van der Waals surface area contributed by atoms with E-state index in [1.54, 1.807) is 12.1 Å². The van der Waals surface area contributed by atoms with Gasteiger partial charge in [-0.25, -0.2) is 4.79 Å². The summed E-state index contributed by atoms with van der Waals surface area (Å²) < 4.78 is 0.285. The van der Waals surface area contributed by atoms with Gasteiger partial charge in [0.1, 0.15) is 4.32 Å². The largest absolute Gasteiger partial charge is 0.478 e. The quantitative estimate of drug-likeness (QED) is 0.579. The number of carboxylic acid groups (broad SMARTS) is 1. The molecule has 8 heteroatoms. The third kappa shape index (κ3) is 3.29. The van der Waals surface area contributed by atoms with Gasteiger partial charge in [-0.3, -0.25) is 9.59 Å². The second-order valence-electron chi connectivity index (χ2n) is 4.10. The summed E-state index contributed by atoms with van der Waals surface area (Å²) in [5.41, 5.74) is 0.321. The third-order valence-corrected chi connectivity index (χ3v) is 4.04. The van der Waals surface area contributed by atoms with Gasteiger partial charge in [-0.15, -0.1) is 0 Å². The van der Waals surface area contributed by atoms with Crippen molar-refractivity contribution in [3.63, 3.8) is 0 Å². The zero-order chi connectivity index (χ0) is 15.6. The number of amides is 2. The average molecular weight is 322 g/mol. The van der Waals surface area contributed by atoms with Gasteiger partial charge in [-0.05, 0) is 19.1 Å². The maximum Gasteiger partial charge on any atom is 0.337 e. The molecule has 1 aromatic rings. The molecule has 2 rings (SSSR count). The average Bonchev–Trinajstić information content (AvgIpc) is 2.77. The van der Waals surface area contributed by atoms with E-state index >= 15 is 0 Å². The van der Waals surface area contributed by atoms with Gasteiger partial charge >= 0.3 is 5.97 Å². The van der Waals surface area contributed by atoms with Crippen LogP contribution in [0.1, 0.15) is 17.3 Å². The molecule has 1 aromatic carbocycles. The first kappa shape index (κ1) is 15.2. The van der Waals surface area contributed by atoms with Crippen molar-refractivity contribution in [2.45, 2.75) is 6.92 Å². The van der Waals surface area contributed by atoms with E-state index in [-0.39, 0.29) is 26.0 Å². The maximum atomic E-state index is 12.1. The smallest absolute Gasteiger partial charge is 0.337 e. The molecule has 0 radical (unpaired) electrons. The van der Waals surface area contributed by atoms with E-state index in [0.29, 0.717) is 0 Å². The van der Waals surface area contributed by atoms with Crippen molar-refractivity contribution >= 4 is 51.8 Å². The van der Waals surface area contributed by atoms with Crippen LogP contribution in [-0.4, -0.2) is 27.2 Å². The Labute approximate surface area is 129 Å². The second-order valence-corrected chi connectivity index (χ2v) is 5.79. The number of aromatic carboxylic acids is 1. The second kappa shape index (κ2) is 6.06. The predicted octanol–water partition coefficient (Wildman–Crippen LogP) is 1.75. The highest BCUT2D eigenvalue weighted by Gasteiger charge is 2.27. The predicted molar refractivity (Wildman–Crippen MR) is 83.1 cm³/mol. The number of nitrogens with one attached hydrogen (secondary N) is 2. The van der Waals surface area contributed by atoms with Crippen LogP contribution in [0.25, 0.3) is 0 Å². The minimum Gasteiger partial charge on any atom is -0.478 e. The fourth-order valence-corrected chi connectivity index (χ4v) is 2.72. The number of anilines is 1. The molecule has 21 heavy (non-hydrogen) atoms. The Kier molecular flexibility index (Phi) is 4.39. The van der Waals surface area contributed by atoms with Crippen LogP contribution in [0.4, 0.5) is 5.69 Å². The molecule has 0 spiro atoms. The van der Waals surface area contributed by atoms with Crippen molar-refractivity contribution in [3.05, 3.63) is 40.3 Å². The first-order valence-corrected chi connectivity index (χ1v) is 7.00. The third-order valence-electron chi connectivity index (χ3n) is 2.70.